The number of H-pyrrole nitrogens is 2. The van der Waals surface area contributed by atoms with E-state index in [1.807, 2.05) is 0 Å². The molecule has 0 spiro atoms. The van der Waals surface area contributed by atoms with Crippen molar-refractivity contribution >= 4 is 28.8 Å². The molecule has 2 heterocycles. The monoisotopic (exact) mass is 225 g/mol. The Morgan fingerprint density at radius 3 is 2.87 bits per heavy atom. The average Bonchev–Trinajstić information content (AvgIpc) is 2.61. The number of carbonyl (C=O) groups is 1. The molecule has 0 atom stereocenters. The van der Waals surface area contributed by atoms with Crippen LogP contribution in [-0.2, 0) is 0 Å². The second-order valence-electron chi connectivity index (χ2n) is 2.83. The number of thioether (sulfide) groups is 1. The first-order valence-electron chi connectivity index (χ1n) is 4.02. The summed E-state index contributed by atoms with van der Waals surface area (Å²) in [6.45, 7) is 0. The molecular formula is C8H7N3O3S. The molecule has 0 fully saturated rings. The molecule has 0 saturated heterocycles. The lowest BCUT2D eigenvalue weighted by molar-refractivity contribution is 0.0691. The van der Waals surface area contributed by atoms with E-state index in [1.165, 1.54) is 17.8 Å². The first-order valence-corrected chi connectivity index (χ1v) is 5.24. The van der Waals surface area contributed by atoms with Gasteiger partial charge < -0.3 is 15.1 Å². The van der Waals surface area contributed by atoms with E-state index in [2.05, 4.69) is 15.0 Å². The second kappa shape index (κ2) is 3.43. The standard InChI is InChI=1S/C8H7N3O3S/c1-15-8-10-5-3(6(12)11-8)2-4(9-5)7(13)14/h2H,1H3,(H,13,14)(H2,9,10,11,12). The van der Waals surface area contributed by atoms with Crippen LogP contribution in [-0.4, -0.2) is 32.3 Å². The Morgan fingerprint density at radius 1 is 1.53 bits per heavy atom. The van der Waals surface area contributed by atoms with E-state index < -0.39 is 5.97 Å². The van der Waals surface area contributed by atoms with Crippen LogP contribution < -0.4 is 5.56 Å². The predicted octanol–water partition coefficient (Wildman–Crippen LogP) is 0.671. The summed E-state index contributed by atoms with van der Waals surface area (Å²) in [4.78, 5) is 31.3. The van der Waals surface area contributed by atoms with E-state index in [9.17, 15) is 9.59 Å². The van der Waals surface area contributed by atoms with Crippen LogP contribution in [0.1, 0.15) is 10.5 Å². The van der Waals surface area contributed by atoms with Crippen molar-refractivity contribution in [3.63, 3.8) is 0 Å². The van der Waals surface area contributed by atoms with Crippen LogP contribution in [0.5, 0.6) is 0 Å². The van der Waals surface area contributed by atoms with Crippen molar-refractivity contribution in [3.05, 3.63) is 22.1 Å². The Hall–Kier alpha value is -1.76. The molecule has 2 aromatic rings. The Kier molecular flexibility index (Phi) is 2.24. The number of aromatic nitrogens is 3. The number of hydrogen-bond donors (Lipinski definition) is 3. The van der Waals surface area contributed by atoms with Gasteiger partial charge in [0.1, 0.15) is 11.3 Å². The largest absolute Gasteiger partial charge is 0.477 e. The lowest BCUT2D eigenvalue weighted by Crippen LogP contribution is -2.07. The van der Waals surface area contributed by atoms with Gasteiger partial charge in [0, 0.05) is 0 Å². The molecule has 7 heteroatoms. The molecule has 78 valence electrons. The predicted molar refractivity (Wildman–Crippen MR) is 55.5 cm³/mol. The fourth-order valence-corrected chi connectivity index (χ4v) is 1.59. The van der Waals surface area contributed by atoms with Crippen molar-refractivity contribution in [2.24, 2.45) is 0 Å². The third-order valence-corrected chi connectivity index (χ3v) is 2.48. The molecule has 15 heavy (non-hydrogen) atoms. The summed E-state index contributed by atoms with van der Waals surface area (Å²) in [5.74, 6) is -1.11. The zero-order valence-electron chi connectivity index (χ0n) is 7.70. The summed E-state index contributed by atoms with van der Waals surface area (Å²) in [7, 11) is 0. The number of nitrogens with zero attached hydrogens (tertiary/aromatic N) is 1. The number of hydrogen-bond acceptors (Lipinski definition) is 4. The fraction of sp³-hybridized carbons (Fsp3) is 0.125. The minimum atomic E-state index is -1.11. The number of nitrogens with one attached hydrogen (secondary N) is 2. The SMILES string of the molecule is CSc1nc2[nH]c(C(=O)O)cc2c(=O)[nH]1. The van der Waals surface area contributed by atoms with Crippen LogP contribution in [0.15, 0.2) is 16.0 Å². The minimum absolute atomic E-state index is 0.0405. The number of carboxylic acids is 1. The Labute approximate surface area is 87.7 Å². The van der Waals surface area contributed by atoms with Gasteiger partial charge in [-0.2, -0.15) is 0 Å². The smallest absolute Gasteiger partial charge is 0.352 e. The van der Waals surface area contributed by atoms with Gasteiger partial charge in [0.05, 0.1) is 5.39 Å². The van der Waals surface area contributed by atoms with Crippen molar-refractivity contribution in [1.82, 2.24) is 15.0 Å². The van der Waals surface area contributed by atoms with Gasteiger partial charge in [0.15, 0.2) is 5.16 Å². The van der Waals surface area contributed by atoms with Crippen molar-refractivity contribution in [2.45, 2.75) is 5.16 Å². The molecule has 2 rings (SSSR count). The van der Waals surface area contributed by atoms with Gasteiger partial charge in [-0.3, -0.25) is 4.79 Å². The van der Waals surface area contributed by atoms with E-state index in [1.54, 1.807) is 6.26 Å². The van der Waals surface area contributed by atoms with E-state index in [0.717, 1.165) is 0 Å². The lowest BCUT2D eigenvalue weighted by Gasteiger charge is -1.93. The van der Waals surface area contributed by atoms with Gasteiger partial charge in [0.2, 0.25) is 0 Å². The second-order valence-corrected chi connectivity index (χ2v) is 3.62. The molecule has 0 aliphatic rings. The van der Waals surface area contributed by atoms with Crippen molar-refractivity contribution in [1.29, 1.82) is 0 Å². The van der Waals surface area contributed by atoms with Crippen molar-refractivity contribution in [2.75, 3.05) is 6.26 Å². The molecule has 2 aromatic heterocycles. The van der Waals surface area contributed by atoms with Crippen molar-refractivity contribution in [3.8, 4) is 0 Å². The Balaban J connectivity index is 2.75. The number of fused-ring (bicyclic) bond motifs is 1. The first kappa shape index (κ1) is 9.78. The molecule has 6 nitrogen and oxygen atoms in total. The maximum absolute atomic E-state index is 11.5. The number of carboxylic acid groups (broad SMARTS) is 1. The fourth-order valence-electron chi connectivity index (χ4n) is 1.21. The highest BCUT2D eigenvalue weighted by atomic mass is 32.2. The summed E-state index contributed by atoms with van der Waals surface area (Å²) in [6.07, 6.45) is 1.77. The van der Waals surface area contributed by atoms with Crippen LogP contribution in [0, 0.1) is 0 Å². The van der Waals surface area contributed by atoms with Crippen LogP contribution in [0.2, 0.25) is 0 Å². The summed E-state index contributed by atoms with van der Waals surface area (Å²) >= 11 is 1.28. The highest BCUT2D eigenvalue weighted by Gasteiger charge is 2.11. The number of aromatic amines is 2. The highest BCUT2D eigenvalue weighted by molar-refractivity contribution is 7.98. The van der Waals surface area contributed by atoms with E-state index in [0.29, 0.717) is 10.8 Å². The third kappa shape index (κ3) is 1.61. The summed E-state index contributed by atoms with van der Waals surface area (Å²) in [6, 6.07) is 1.27. The molecule has 0 aliphatic carbocycles. The van der Waals surface area contributed by atoms with Crippen LogP contribution in [0.25, 0.3) is 11.0 Å². The van der Waals surface area contributed by atoms with Gasteiger partial charge in [-0.25, -0.2) is 9.78 Å². The molecule has 0 unspecified atom stereocenters. The highest BCUT2D eigenvalue weighted by Crippen LogP contribution is 2.12. The maximum atomic E-state index is 11.5. The topological polar surface area (TPSA) is 98.8 Å². The molecule has 0 aliphatic heterocycles. The molecule has 0 radical (unpaired) electrons. The number of aromatic carboxylic acids is 1. The van der Waals surface area contributed by atoms with Crippen LogP contribution in [0.3, 0.4) is 0 Å². The zero-order chi connectivity index (χ0) is 11.0. The van der Waals surface area contributed by atoms with Crippen LogP contribution >= 0.6 is 11.8 Å². The minimum Gasteiger partial charge on any atom is -0.477 e. The third-order valence-electron chi connectivity index (χ3n) is 1.90. The normalized spacial score (nSPS) is 10.7. The van der Waals surface area contributed by atoms with Gasteiger partial charge in [0.25, 0.3) is 5.56 Å². The van der Waals surface area contributed by atoms with Gasteiger partial charge in [-0.05, 0) is 12.3 Å². The summed E-state index contributed by atoms with van der Waals surface area (Å²) in [5.41, 5.74) is -0.0881. The first-order chi connectivity index (χ1) is 7.11. The molecule has 0 aromatic carbocycles. The lowest BCUT2D eigenvalue weighted by atomic mass is 10.3. The zero-order valence-corrected chi connectivity index (χ0v) is 8.51. The summed E-state index contributed by atoms with van der Waals surface area (Å²) < 4.78 is 0. The molecular weight excluding hydrogens is 218 g/mol. The van der Waals surface area contributed by atoms with E-state index in [4.69, 9.17) is 5.11 Å². The van der Waals surface area contributed by atoms with Gasteiger partial charge in [-0.15, -0.1) is 0 Å². The molecule has 0 amide bonds. The Bertz CT molecular complexity index is 586. The summed E-state index contributed by atoms with van der Waals surface area (Å²) in [5, 5.41) is 9.43. The quantitative estimate of drug-likeness (QED) is 0.515. The van der Waals surface area contributed by atoms with Crippen molar-refractivity contribution < 1.29 is 9.90 Å². The maximum Gasteiger partial charge on any atom is 0.352 e. The molecule has 0 saturated carbocycles. The van der Waals surface area contributed by atoms with E-state index in [-0.39, 0.29) is 16.6 Å². The van der Waals surface area contributed by atoms with Gasteiger partial charge >= 0.3 is 5.97 Å². The average molecular weight is 225 g/mol. The van der Waals surface area contributed by atoms with E-state index >= 15 is 0 Å². The number of rotatable bonds is 2. The molecule has 3 N–H and O–H groups in total. The Morgan fingerprint density at radius 2 is 2.27 bits per heavy atom. The van der Waals surface area contributed by atoms with Crippen LogP contribution in [0.4, 0.5) is 0 Å². The van der Waals surface area contributed by atoms with Gasteiger partial charge in [-0.1, -0.05) is 11.8 Å². The molecule has 0 bridgehead atoms.